The van der Waals surface area contributed by atoms with Crippen molar-refractivity contribution in [2.24, 2.45) is 0 Å². The van der Waals surface area contributed by atoms with E-state index in [1.165, 1.54) is 13.8 Å². The lowest BCUT2D eigenvalue weighted by atomic mass is 9.95. The van der Waals surface area contributed by atoms with Crippen LogP contribution in [0.4, 0.5) is 4.79 Å². The molecule has 0 radical (unpaired) electrons. The van der Waals surface area contributed by atoms with Crippen LogP contribution in [0, 0.1) is 0 Å². The fourth-order valence-electron chi connectivity index (χ4n) is 8.13. The van der Waals surface area contributed by atoms with Gasteiger partial charge in [-0.1, -0.05) is 12.8 Å². The van der Waals surface area contributed by atoms with Crippen molar-refractivity contribution in [2.75, 3.05) is 38.7 Å². The van der Waals surface area contributed by atoms with Crippen molar-refractivity contribution in [3.8, 4) is 0 Å². The van der Waals surface area contributed by atoms with Gasteiger partial charge in [0.15, 0.2) is 18.9 Å². The summed E-state index contributed by atoms with van der Waals surface area (Å²) in [5.74, 6) is 0.0206. The highest BCUT2D eigenvalue weighted by Crippen LogP contribution is 2.35. The Labute approximate surface area is 363 Å². The van der Waals surface area contributed by atoms with Crippen molar-refractivity contribution in [1.82, 2.24) is 26.6 Å². The van der Waals surface area contributed by atoms with E-state index < -0.39 is 111 Å². The SMILES string of the molecule is CC(=O)N[C@H]1[C@@H](OCCCCCC(=O)NCCNC(=O)CCCC[C@@H]2SC[C@@H]3NC(=O)N[C@@H]32)O[C@H](CO)[C@H](O)[C@@H]1O[C@@H]1O[C@H](CO)[C@H](O)[C@H](O)[C@H]1O[C@H]1O[C@H](C)[C@H](O)[C@H](O)[C@H]1O. The summed E-state index contributed by atoms with van der Waals surface area (Å²) in [7, 11) is 0. The summed E-state index contributed by atoms with van der Waals surface area (Å²) in [6, 6.07) is -1.07. The van der Waals surface area contributed by atoms with Gasteiger partial charge in [-0.15, -0.1) is 0 Å². The van der Waals surface area contributed by atoms with Crippen LogP contribution in [0.2, 0.25) is 0 Å². The lowest BCUT2D eigenvalue weighted by molar-refractivity contribution is -0.381. The predicted molar refractivity (Wildman–Crippen MR) is 214 cm³/mol. The largest absolute Gasteiger partial charge is 0.394 e. The molecule has 0 saturated carbocycles. The molecule has 18 atom stereocenters. The van der Waals surface area contributed by atoms with E-state index in [-0.39, 0.29) is 49.5 Å². The molecule has 5 rings (SSSR count). The van der Waals surface area contributed by atoms with Crippen LogP contribution in [0.15, 0.2) is 0 Å². The second kappa shape index (κ2) is 24.1. The normalized spacial score (nSPS) is 39.4. The van der Waals surface area contributed by atoms with Gasteiger partial charge >= 0.3 is 6.03 Å². The van der Waals surface area contributed by atoms with E-state index >= 15 is 0 Å². The van der Waals surface area contributed by atoms with E-state index in [1.807, 2.05) is 11.8 Å². The zero-order valence-electron chi connectivity index (χ0n) is 34.9. The average Bonchev–Trinajstić information content (AvgIpc) is 3.80. The van der Waals surface area contributed by atoms with Crippen LogP contribution in [-0.4, -0.2) is 213 Å². The topological polar surface area (TPSA) is 346 Å². The number of hydrogen-bond acceptors (Lipinski definition) is 19. The van der Waals surface area contributed by atoms with Crippen molar-refractivity contribution >= 4 is 35.5 Å². The summed E-state index contributed by atoms with van der Waals surface area (Å²) in [6.45, 7) is 1.69. The van der Waals surface area contributed by atoms with Crippen LogP contribution in [0.25, 0.3) is 0 Å². The fourth-order valence-corrected chi connectivity index (χ4v) is 9.67. The number of carbonyl (C=O) groups is 4. The maximum atomic E-state index is 12.4. The summed E-state index contributed by atoms with van der Waals surface area (Å²) < 4.78 is 34.9. The third-order valence-corrected chi connectivity index (χ3v) is 13.1. The highest BCUT2D eigenvalue weighted by Gasteiger charge is 2.54. The van der Waals surface area contributed by atoms with Gasteiger partial charge in [0.25, 0.3) is 0 Å². The Kier molecular flexibility index (Phi) is 19.6. The van der Waals surface area contributed by atoms with Gasteiger partial charge in [-0.2, -0.15) is 11.8 Å². The van der Waals surface area contributed by atoms with E-state index in [9.17, 15) is 60.0 Å². The molecule has 23 nitrogen and oxygen atoms in total. The average molecular weight is 912 g/mol. The maximum absolute atomic E-state index is 12.4. The molecule has 5 aliphatic rings. The summed E-state index contributed by atoms with van der Waals surface area (Å²) in [4.78, 5) is 48.6. The summed E-state index contributed by atoms with van der Waals surface area (Å²) in [5.41, 5.74) is 0. The number of carbonyl (C=O) groups excluding carboxylic acids is 4. The molecule has 0 aromatic heterocycles. The molecule has 0 aliphatic carbocycles. The molecule has 356 valence electrons. The number of hydrogen-bond donors (Lipinski definition) is 13. The number of rotatable bonds is 22. The number of urea groups is 1. The Hall–Kier alpha value is -2.53. The Balaban J connectivity index is 1.05. The lowest BCUT2D eigenvalue weighted by Gasteiger charge is -2.49. The maximum Gasteiger partial charge on any atom is 0.315 e. The van der Waals surface area contributed by atoms with Crippen LogP contribution >= 0.6 is 11.8 Å². The number of ether oxygens (including phenoxy) is 6. The van der Waals surface area contributed by atoms with Gasteiger partial charge in [0.1, 0.15) is 67.1 Å². The molecule has 5 heterocycles. The third-order valence-electron chi connectivity index (χ3n) is 11.6. The molecule has 0 aromatic rings. The van der Waals surface area contributed by atoms with Crippen LogP contribution < -0.4 is 26.6 Å². The number of nitrogens with one attached hydrogen (secondary N) is 5. The molecule has 5 fully saturated rings. The highest BCUT2D eigenvalue weighted by molar-refractivity contribution is 8.00. The smallest absolute Gasteiger partial charge is 0.315 e. The van der Waals surface area contributed by atoms with Crippen LogP contribution in [-0.2, 0) is 42.8 Å². The zero-order valence-corrected chi connectivity index (χ0v) is 35.7. The van der Waals surface area contributed by atoms with Crippen molar-refractivity contribution in [3.05, 3.63) is 0 Å². The van der Waals surface area contributed by atoms with E-state index in [0.29, 0.717) is 37.5 Å². The van der Waals surface area contributed by atoms with E-state index in [0.717, 1.165) is 25.0 Å². The van der Waals surface area contributed by atoms with Gasteiger partial charge in [0, 0.05) is 50.5 Å². The molecular weight excluding hydrogens is 847 g/mol. The second-order valence-electron chi connectivity index (χ2n) is 16.3. The van der Waals surface area contributed by atoms with Crippen LogP contribution in [0.5, 0.6) is 0 Å². The molecule has 5 amide bonds. The number of unbranched alkanes of at least 4 members (excludes halogenated alkanes) is 3. The van der Waals surface area contributed by atoms with Crippen LogP contribution in [0.1, 0.15) is 65.2 Å². The molecule has 13 N–H and O–H groups in total. The molecule has 0 aromatic carbocycles. The summed E-state index contributed by atoms with van der Waals surface area (Å²) in [6.07, 6.45) is -17.4. The minimum atomic E-state index is -1.86. The third kappa shape index (κ3) is 13.3. The molecule has 0 unspecified atom stereocenters. The molecule has 62 heavy (non-hydrogen) atoms. The molecule has 0 spiro atoms. The first-order valence-electron chi connectivity index (χ1n) is 21.3. The van der Waals surface area contributed by atoms with E-state index in [2.05, 4.69) is 26.6 Å². The van der Waals surface area contributed by atoms with Gasteiger partial charge in [0.05, 0.1) is 31.4 Å². The summed E-state index contributed by atoms with van der Waals surface area (Å²) >= 11 is 1.84. The van der Waals surface area contributed by atoms with Crippen molar-refractivity contribution in [2.45, 2.75) is 175 Å². The Bertz CT molecular complexity index is 1460. The van der Waals surface area contributed by atoms with Crippen molar-refractivity contribution in [1.29, 1.82) is 0 Å². The first-order valence-corrected chi connectivity index (χ1v) is 22.4. The molecule has 5 saturated heterocycles. The van der Waals surface area contributed by atoms with Gasteiger partial charge in [0.2, 0.25) is 17.7 Å². The van der Waals surface area contributed by atoms with Gasteiger partial charge in [-0.05, 0) is 32.6 Å². The minimum absolute atomic E-state index is 0.0517. The predicted octanol–water partition coefficient (Wildman–Crippen LogP) is -4.86. The summed E-state index contributed by atoms with van der Waals surface area (Å²) in [5, 5.41) is 98.5. The first-order chi connectivity index (χ1) is 29.6. The number of aliphatic hydroxyl groups is 8. The van der Waals surface area contributed by atoms with Gasteiger partial charge in [-0.3, -0.25) is 14.4 Å². The second-order valence-corrected chi connectivity index (χ2v) is 17.6. The molecular formula is C38H65N5O18S. The minimum Gasteiger partial charge on any atom is -0.394 e. The Morgan fingerprint density at radius 2 is 1.35 bits per heavy atom. The molecule has 0 bridgehead atoms. The number of thioether (sulfide) groups is 1. The zero-order chi connectivity index (χ0) is 45.1. The monoisotopic (exact) mass is 911 g/mol. The number of amides is 5. The lowest BCUT2D eigenvalue weighted by Crippen LogP contribution is -2.69. The Morgan fingerprint density at radius 3 is 2.02 bits per heavy atom. The van der Waals surface area contributed by atoms with E-state index in [1.54, 1.807) is 0 Å². The van der Waals surface area contributed by atoms with Crippen LogP contribution in [0.3, 0.4) is 0 Å². The molecule has 5 aliphatic heterocycles. The van der Waals surface area contributed by atoms with Crippen molar-refractivity contribution in [3.63, 3.8) is 0 Å². The van der Waals surface area contributed by atoms with Gasteiger partial charge in [-0.25, -0.2) is 4.79 Å². The van der Waals surface area contributed by atoms with Crippen molar-refractivity contribution < 1.29 is 88.5 Å². The number of fused-ring (bicyclic) bond motifs is 1. The Morgan fingerprint density at radius 1 is 0.726 bits per heavy atom. The standard InChI is InChI=1S/C38H65N5O18S/c1-17-27(49)30(52)32(54)36(57-17)61-34-31(53)28(50)20(14-44)59-37(34)60-33-26(41-18(2)46)35(58-21(15-45)29(33)51)56-13-7-3-4-9-23(47)39-11-12-40-24(48)10-6-5-8-22-25-19(16-62-22)42-38(55)43-25/h17,19-22,25-37,44-45,49-54H,3-16H2,1-2H3,(H,39,47)(H,40,48)(H,41,46)(H2,42,43,55)/t17-,19+,20-,21-,22+,25+,26-,27+,28+,29+,30+,31+,32-,33-,34-,35+,36-,37+/m1/s1. The number of aliphatic hydroxyl groups excluding tert-OH is 8. The first kappa shape index (κ1) is 50.5. The highest BCUT2D eigenvalue weighted by atomic mass is 32.2. The fraction of sp³-hybridized carbons (Fsp3) is 0.895. The molecule has 24 heteroatoms. The van der Waals surface area contributed by atoms with Gasteiger partial charge < -0.3 is 95.9 Å². The van der Waals surface area contributed by atoms with E-state index in [4.69, 9.17) is 28.4 Å². The quantitative estimate of drug-likeness (QED) is 0.0358.